The third-order valence-electron chi connectivity index (χ3n) is 5.90. The molecule has 0 saturated heterocycles. The monoisotopic (exact) mass is 407 g/mol. The molecule has 1 fully saturated rings. The van der Waals surface area contributed by atoms with Gasteiger partial charge in [-0.25, -0.2) is 9.37 Å². The maximum Gasteiger partial charge on any atom is 0.225 e. The molecule has 6 heteroatoms. The Bertz CT molecular complexity index is 1010. The quantitative estimate of drug-likeness (QED) is 0.623. The molecule has 0 radical (unpaired) electrons. The van der Waals surface area contributed by atoms with Crippen LogP contribution in [0.2, 0.25) is 0 Å². The van der Waals surface area contributed by atoms with Crippen LogP contribution in [0.25, 0.3) is 10.9 Å². The Morgan fingerprint density at radius 2 is 1.73 bits per heavy atom. The van der Waals surface area contributed by atoms with E-state index >= 15 is 0 Å². The maximum atomic E-state index is 13.7. The Labute approximate surface area is 177 Å². The van der Waals surface area contributed by atoms with Gasteiger partial charge in [0.1, 0.15) is 11.6 Å². The molecule has 1 heterocycles. The molecule has 1 aliphatic rings. The van der Waals surface area contributed by atoms with Crippen LogP contribution in [0.4, 0.5) is 16.2 Å². The van der Waals surface area contributed by atoms with Gasteiger partial charge in [-0.05, 0) is 61.9 Å². The summed E-state index contributed by atoms with van der Waals surface area (Å²) in [7, 11) is 4.02. The van der Waals surface area contributed by atoms with E-state index in [2.05, 4.69) is 16.7 Å². The lowest BCUT2D eigenvalue weighted by Crippen LogP contribution is -2.37. The van der Waals surface area contributed by atoms with Gasteiger partial charge in [0.25, 0.3) is 0 Å². The van der Waals surface area contributed by atoms with Crippen LogP contribution in [0, 0.1) is 12.7 Å². The standard InChI is InChI=1S/C24H30FN5/c1-16-8-9-17(14-21(16)25)15-26-18-10-12-19(13-11-18)27-24-28-22-7-5-4-6-20(22)23(29-24)30(2)3/h4-9,14,18-19,26H,10-13,15H2,1-3H3,(H,27,28,29)/t18-,19+. The predicted octanol–water partition coefficient (Wildman–Crippen LogP) is 4.66. The number of anilines is 2. The first-order valence-corrected chi connectivity index (χ1v) is 10.7. The van der Waals surface area contributed by atoms with Crippen LogP contribution in [0.5, 0.6) is 0 Å². The van der Waals surface area contributed by atoms with Crippen LogP contribution >= 0.6 is 0 Å². The van der Waals surface area contributed by atoms with E-state index in [0.717, 1.165) is 48.0 Å². The summed E-state index contributed by atoms with van der Waals surface area (Å²) in [6.07, 6.45) is 4.29. The number of aromatic nitrogens is 2. The summed E-state index contributed by atoms with van der Waals surface area (Å²) < 4.78 is 13.7. The lowest BCUT2D eigenvalue weighted by Gasteiger charge is -2.30. The summed E-state index contributed by atoms with van der Waals surface area (Å²) in [5.41, 5.74) is 2.65. The molecule has 158 valence electrons. The molecule has 1 aromatic heterocycles. The minimum absolute atomic E-state index is 0.130. The van der Waals surface area contributed by atoms with Gasteiger partial charge in [0, 0.05) is 38.1 Å². The zero-order chi connectivity index (χ0) is 21.1. The number of hydrogen-bond acceptors (Lipinski definition) is 5. The first-order valence-electron chi connectivity index (χ1n) is 10.7. The van der Waals surface area contributed by atoms with Gasteiger partial charge in [0.05, 0.1) is 5.52 Å². The molecular weight excluding hydrogens is 377 g/mol. The summed E-state index contributed by atoms with van der Waals surface area (Å²) in [5, 5.41) is 8.20. The summed E-state index contributed by atoms with van der Waals surface area (Å²) in [5.74, 6) is 1.50. The molecule has 4 rings (SSSR count). The second kappa shape index (κ2) is 8.96. The van der Waals surface area contributed by atoms with Crippen molar-refractivity contribution in [2.45, 2.75) is 51.2 Å². The van der Waals surface area contributed by atoms with Crippen LogP contribution < -0.4 is 15.5 Å². The number of hydrogen-bond donors (Lipinski definition) is 2. The molecule has 1 saturated carbocycles. The predicted molar refractivity (Wildman–Crippen MR) is 122 cm³/mol. The van der Waals surface area contributed by atoms with Crippen LogP contribution in [0.3, 0.4) is 0 Å². The van der Waals surface area contributed by atoms with E-state index < -0.39 is 0 Å². The smallest absolute Gasteiger partial charge is 0.225 e. The minimum Gasteiger partial charge on any atom is -0.362 e. The zero-order valence-electron chi connectivity index (χ0n) is 18.0. The molecule has 30 heavy (non-hydrogen) atoms. The molecule has 2 aromatic carbocycles. The van der Waals surface area contributed by atoms with Crippen molar-refractivity contribution in [1.82, 2.24) is 15.3 Å². The summed E-state index contributed by atoms with van der Waals surface area (Å²) in [6.45, 7) is 2.50. The Hall–Kier alpha value is -2.73. The number of fused-ring (bicyclic) bond motifs is 1. The van der Waals surface area contributed by atoms with Gasteiger partial charge in [-0.3, -0.25) is 0 Å². The average Bonchev–Trinajstić information content (AvgIpc) is 2.75. The summed E-state index contributed by atoms with van der Waals surface area (Å²) in [4.78, 5) is 11.5. The summed E-state index contributed by atoms with van der Waals surface area (Å²) in [6, 6.07) is 14.4. The maximum absolute atomic E-state index is 13.7. The minimum atomic E-state index is -0.130. The number of para-hydroxylation sites is 1. The molecule has 3 aromatic rings. The van der Waals surface area contributed by atoms with Crippen molar-refractivity contribution in [1.29, 1.82) is 0 Å². The van der Waals surface area contributed by atoms with Crippen molar-refractivity contribution < 1.29 is 4.39 Å². The molecule has 0 amide bonds. The fraction of sp³-hybridized carbons (Fsp3) is 0.417. The summed E-state index contributed by atoms with van der Waals surface area (Å²) >= 11 is 0. The number of nitrogens with zero attached hydrogens (tertiary/aromatic N) is 3. The highest BCUT2D eigenvalue weighted by molar-refractivity contribution is 5.90. The van der Waals surface area contributed by atoms with Gasteiger partial charge in [-0.15, -0.1) is 0 Å². The van der Waals surface area contributed by atoms with E-state index in [4.69, 9.17) is 9.97 Å². The van der Waals surface area contributed by atoms with Crippen molar-refractivity contribution in [3.63, 3.8) is 0 Å². The van der Waals surface area contributed by atoms with Gasteiger partial charge in [0.2, 0.25) is 5.95 Å². The fourth-order valence-corrected chi connectivity index (χ4v) is 4.10. The Morgan fingerprint density at radius 1 is 1.00 bits per heavy atom. The van der Waals surface area contributed by atoms with Gasteiger partial charge in [0.15, 0.2) is 0 Å². The van der Waals surface area contributed by atoms with Gasteiger partial charge >= 0.3 is 0 Å². The SMILES string of the molecule is Cc1ccc(CN[C@H]2CC[C@@H](Nc3nc(N(C)C)c4ccccc4n3)CC2)cc1F. The Morgan fingerprint density at radius 3 is 2.47 bits per heavy atom. The molecule has 0 aliphatic heterocycles. The van der Waals surface area contributed by atoms with E-state index in [0.29, 0.717) is 30.1 Å². The highest BCUT2D eigenvalue weighted by Gasteiger charge is 2.22. The molecule has 0 bridgehead atoms. The number of halogens is 1. The normalized spacial score (nSPS) is 19.1. The molecule has 0 atom stereocenters. The topological polar surface area (TPSA) is 53.1 Å². The van der Waals surface area contributed by atoms with Crippen LogP contribution in [-0.4, -0.2) is 36.1 Å². The Balaban J connectivity index is 1.34. The second-order valence-electron chi connectivity index (χ2n) is 8.44. The zero-order valence-corrected chi connectivity index (χ0v) is 18.0. The van der Waals surface area contributed by atoms with E-state index in [1.54, 1.807) is 13.0 Å². The number of nitrogens with one attached hydrogen (secondary N) is 2. The number of benzene rings is 2. The average molecular weight is 408 g/mol. The molecular formula is C24H30FN5. The van der Waals surface area contributed by atoms with Crippen LogP contribution in [0.1, 0.15) is 36.8 Å². The van der Waals surface area contributed by atoms with Crippen molar-refractivity contribution in [3.8, 4) is 0 Å². The Kier molecular flexibility index (Phi) is 6.13. The third kappa shape index (κ3) is 4.70. The lowest BCUT2D eigenvalue weighted by molar-refractivity contribution is 0.352. The van der Waals surface area contributed by atoms with Crippen LogP contribution in [-0.2, 0) is 6.54 Å². The first-order chi connectivity index (χ1) is 14.5. The third-order valence-corrected chi connectivity index (χ3v) is 5.90. The molecule has 1 aliphatic carbocycles. The number of aryl methyl sites for hydroxylation is 1. The largest absolute Gasteiger partial charge is 0.362 e. The van der Waals surface area contributed by atoms with Crippen LogP contribution in [0.15, 0.2) is 42.5 Å². The lowest BCUT2D eigenvalue weighted by atomic mass is 9.91. The van der Waals surface area contributed by atoms with E-state index in [1.165, 1.54) is 0 Å². The fourth-order valence-electron chi connectivity index (χ4n) is 4.10. The van der Waals surface area contributed by atoms with Crippen molar-refractivity contribution in [3.05, 3.63) is 59.4 Å². The highest BCUT2D eigenvalue weighted by atomic mass is 19.1. The van der Waals surface area contributed by atoms with Gasteiger partial charge < -0.3 is 15.5 Å². The number of rotatable bonds is 6. The van der Waals surface area contributed by atoms with E-state index in [-0.39, 0.29) is 5.82 Å². The highest BCUT2D eigenvalue weighted by Crippen LogP contribution is 2.26. The second-order valence-corrected chi connectivity index (χ2v) is 8.44. The molecule has 0 unspecified atom stereocenters. The van der Waals surface area contributed by atoms with Gasteiger partial charge in [-0.1, -0.05) is 24.3 Å². The van der Waals surface area contributed by atoms with Crippen molar-refractivity contribution in [2.75, 3.05) is 24.3 Å². The molecule has 0 spiro atoms. The van der Waals surface area contributed by atoms with Crippen molar-refractivity contribution in [2.24, 2.45) is 0 Å². The molecule has 2 N–H and O–H groups in total. The van der Waals surface area contributed by atoms with E-state index in [1.807, 2.05) is 49.3 Å². The molecule has 5 nitrogen and oxygen atoms in total. The van der Waals surface area contributed by atoms with Gasteiger partial charge in [-0.2, -0.15) is 4.98 Å². The van der Waals surface area contributed by atoms with E-state index in [9.17, 15) is 4.39 Å². The van der Waals surface area contributed by atoms with Crippen molar-refractivity contribution >= 4 is 22.7 Å². The first kappa shape index (κ1) is 20.5.